The third-order valence-electron chi connectivity index (χ3n) is 5.45. The van der Waals surface area contributed by atoms with Gasteiger partial charge in [-0.25, -0.2) is 14.6 Å². The number of hydrogen-bond acceptors (Lipinski definition) is 8. The summed E-state index contributed by atoms with van der Waals surface area (Å²) >= 11 is 1.38. The number of para-hydroxylation sites is 2. The molecule has 8 nitrogen and oxygen atoms in total. The molecule has 0 aliphatic heterocycles. The van der Waals surface area contributed by atoms with Crippen LogP contribution < -0.4 is 5.32 Å². The van der Waals surface area contributed by atoms with Crippen LogP contribution in [-0.2, 0) is 27.1 Å². The molecule has 2 aromatic heterocycles. The molecule has 166 valence electrons. The highest BCUT2D eigenvalue weighted by Crippen LogP contribution is 2.40. The summed E-state index contributed by atoms with van der Waals surface area (Å²) < 4.78 is 10.2. The van der Waals surface area contributed by atoms with Crippen LogP contribution in [0.5, 0.6) is 0 Å². The third kappa shape index (κ3) is 4.34. The maximum absolute atomic E-state index is 12.8. The molecule has 0 spiro atoms. The Hall–Kier alpha value is -3.33. The number of fused-ring (bicyclic) bond motifs is 2. The first-order chi connectivity index (χ1) is 15.4. The number of rotatable bonds is 5. The molecule has 0 radical (unpaired) electrons. The van der Waals surface area contributed by atoms with E-state index in [-0.39, 0.29) is 5.69 Å². The van der Waals surface area contributed by atoms with E-state index in [9.17, 15) is 14.4 Å². The van der Waals surface area contributed by atoms with Crippen molar-refractivity contribution in [2.24, 2.45) is 5.92 Å². The number of amides is 1. The molecular weight excluding hydrogens is 430 g/mol. The number of hydrogen-bond donors (Lipinski definition) is 1. The topological polar surface area (TPSA) is 107 Å². The molecule has 0 saturated carbocycles. The van der Waals surface area contributed by atoms with Crippen LogP contribution in [0.2, 0.25) is 0 Å². The fourth-order valence-electron chi connectivity index (χ4n) is 3.70. The number of ether oxygens (including phenoxy) is 2. The van der Waals surface area contributed by atoms with E-state index in [4.69, 9.17) is 9.47 Å². The monoisotopic (exact) mass is 453 g/mol. The Labute approximate surface area is 189 Å². The number of carbonyl (C=O) groups is 3. The van der Waals surface area contributed by atoms with Gasteiger partial charge in [0.1, 0.15) is 5.00 Å². The van der Waals surface area contributed by atoms with Crippen molar-refractivity contribution in [3.05, 3.63) is 52.2 Å². The number of nitrogens with one attached hydrogen (secondary N) is 1. The first-order valence-corrected chi connectivity index (χ1v) is 11.2. The van der Waals surface area contributed by atoms with E-state index >= 15 is 0 Å². The zero-order valence-electron chi connectivity index (χ0n) is 18.0. The molecule has 4 rings (SSSR count). The molecule has 9 heteroatoms. The van der Waals surface area contributed by atoms with Gasteiger partial charge in [-0.05, 0) is 49.8 Å². The summed E-state index contributed by atoms with van der Waals surface area (Å²) in [5.74, 6) is -1.26. The lowest BCUT2D eigenvalue weighted by molar-refractivity contribution is -0.123. The molecule has 2 atom stereocenters. The lowest BCUT2D eigenvalue weighted by atomic mass is 9.88. The van der Waals surface area contributed by atoms with Gasteiger partial charge in [0.05, 0.1) is 29.9 Å². The Kier molecular flexibility index (Phi) is 6.18. The van der Waals surface area contributed by atoms with Crippen LogP contribution in [0.4, 0.5) is 5.00 Å². The molecule has 1 amide bonds. The van der Waals surface area contributed by atoms with Gasteiger partial charge >= 0.3 is 11.9 Å². The van der Waals surface area contributed by atoms with Crippen molar-refractivity contribution in [3.8, 4) is 0 Å². The van der Waals surface area contributed by atoms with Gasteiger partial charge in [0.2, 0.25) is 0 Å². The predicted molar refractivity (Wildman–Crippen MR) is 120 cm³/mol. The lowest BCUT2D eigenvalue weighted by Gasteiger charge is -2.18. The van der Waals surface area contributed by atoms with E-state index in [1.54, 1.807) is 18.2 Å². The summed E-state index contributed by atoms with van der Waals surface area (Å²) in [5, 5.41) is 3.17. The quantitative estimate of drug-likeness (QED) is 0.586. The van der Waals surface area contributed by atoms with Crippen molar-refractivity contribution in [1.82, 2.24) is 9.97 Å². The van der Waals surface area contributed by atoms with Gasteiger partial charge in [0, 0.05) is 4.88 Å². The van der Waals surface area contributed by atoms with Crippen LogP contribution in [0.25, 0.3) is 11.0 Å². The second kappa shape index (κ2) is 9.04. The van der Waals surface area contributed by atoms with Crippen molar-refractivity contribution < 1.29 is 23.9 Å². The van der Waals surface area contributed by atoms with Crippen molar-refractivity contribution in [2.45, 2.75) is 39.2 Å². The Bertz CT molecular complexity index is 1210. The summed E-state index contributed by atoms with van der Waals surface area (Å²) in [6, 6.07) is 7.15. The van der Waals surface area contributed by atoms with E-state index in [1.807, 2.05) is 6.07 Å². The van der Waals surface area contributed by atoms with Gasteiger partial charge in [-0.1, -0.05) is 19.1 Å². The molecule has 0 saturated heterocycles. The fourth-order valence-corrected chi connectivity index (χ4v) is 5.10. The zero-order chi connectivity index (χ0) is 22.8. The first kappa shape index (κ1) is 21.9. The van der Waals surface area contributed by atoms with Gasteiger partial charge in [-0.15, -0.1) is 11.3 Å². The number of anilines is 1. The highest BCUT2D eigenvalue weighted by molar-refractivity contribution is 7.17. The number of benzene rings is 1. The van der Waals surface area contributed by atoms with Crippen molar-refractivity contribution in [1.29, 1.82) is 0 Å². The van der Waals surface area contributed by atoms with Crippen molar-refractivity contribution >= 4 is 45.2 Å². The van der Waals surface area contributed by atoms with E-state index in [2.05, 4.69) is 22.2 Å². The molecule has 2 unspecified atom stereocenters. The highest BCUT2D eigenvalue weighted by Gasteiger charge is 2.30. The van der Waals surface area contributed by atoms with Crippen LogP contribution >= 0.6 is 11.3 Å². The molecule has 1 aliphatic rings. The molecule has 0 fully saturated rings. The molecule has 32 heavy (non-hydrogen) atoms. The Morgan fingerprint density at radius 3 is 2.69 bits per heavy atom. The number of esters is 2. The fraction of sp³-hybridized carbons (Fsp3) is 0.348. The minimum absolute atomic E-state index is 0.0131. The highest BCUT2D eigenvalue weighted by atomic mass is 32.1. The molecule has 1 aliphatic carbocycles. The molecular formula is C23H23N3O5S. The Morgan fingerprint density at radius 2 is 1.94 bits per heavy atom. The molecule has 3 aromatic rings. The van der Waals surface area contributed by atoms with Crippen LogP contribution in [0.1, 0.15) is 51.6 Å². The first-order valence-electron chi connectivity index (χ1n) is 10.3. The number of thiophene rings is 1. The number of methoxy groups -OCH3 is 1. The van der Waals surface area contributed by atoms with Crippen molar-refractivity contribution in [3.63, 3.8) is 0 Å². The maximum Gasteiger partial charge on any atom is 0.359 e. The van der Waals surface area contributed by atoms with Crippen LogP contribution in [0.3, 0.4) is 0 Å². The zero-order valence-corrected chi connectivity index (χ0v) is 18.8. The molecule has 0 bridgehead atoms. The number of aromatic nitrogens is 2. The SMILES string of the molecule is COC(=O)c1c(NC(=O)C(C)OC(=O)c2cnc3ccccc3n2)sc2c1CCC(C)C2. The molecule has 1 N–H and O–H groups in total. The average molecular weight is 454 g/mol. The normalized spacial score (nSPS) is 16.2. The largest absolute Gasteiger partial charge is 0.465 e. The molecule has 2 heterocycles. The van der Waals surface area contributed by atoms with Gasteiger partial charge in [0.15, 0.2) is 11.8 Å². The number of nitrogens with zero attached hydrogens (tertiary/aromatic N) is 2. The minimum Gasteiger partial charge on any atom is -0.465 e. The lowest BCUT2D eigenvalue weighted by Crippen LogP contribution is -2.30. The minimum atomic E-state index is -1.10. The van der Waals surface area contributed by atoms with E-state index in [0.717, 1.165) is 29.7 Å². The van der Waals surface area contributed by atoms with Gasteiger partial charge in [-0.3, -0.25) is 9.78 Å². The van der Waals surface area contributed by atoms with Gasteiger partial charge < -0.3 is 14.8 Å². The Morgan fingerprint density at radius 1 is 1.19 bits per heavy atom. The predicted octanol–water partition coefficient (Wildman–Crippen LogP) is 3.79. The number of carbonyl (C=O) groups excluding carboxylic acids is 3. The Balaban J connectivity index is 1.49. The standard InChI is InChI=1S/C23H23N3O5S/c1-12-8-9-14-18(10-12)32-21(19(14)23(29)30-3)26-20(27)13(2)31-22(28)17-11-24-15-6-4-5-7-16(15)25-17/h4-7,11-13H,8-10H2,1-3H3,(H,26,27). The van der Waals surface area contributed by atoms with E-state index in [1.165, 1.54) is 31.6 Å². The van der Waals surface area contributed by atoms with Gasteiger partial charge in [0.25, 0.3) is 5.91 Å². The van der Waals surface area contributed by atoms with Crippen LogP contribution in [0.15, 0.2) is 30.5 Å². The second-order valence-corrected chi connectivity index (χ2v) is 8.93. The van der Waals surface area contributed by atoms with Crippen LogP contribution in [-0.4, -0.2) is 41.0 Å². The summed E-state index contributed by atoms with van der Waals surface area (Å²) in [7, 11) is 1.32. The van der Waals surface area contributed by atoms with Gasteiger partial charge in [-0.2, -0.15) is 0 Å². The molecule has 1 aromatic carbocycles. The smallest absolute Gasteiger partial charge is 0.359 e. The third-order valence-corrected chi connectivity index (χ3v) is 6.62. The summed E-state index contributed by atoms with van der Waals surface area (Å²) in [6.07, 6.45) is 2.81. The van der Waals surface area contributed by atoms with E-state index in [0.29, 0.717) is 27.5 Å². The summed E-state index contributed by atoms with van der Waals surface area (Å²) in [5.41, 5.74) is 2.55. The van der Waals surface area contributed by atoms with Crippen molar-refractivity contribution in [2.75, 3.05) is 12.4 Å². The van der Waals surface area contributed by atoms with Crippen LogP contribution in [0, 0.1) is 5.92 Å². The summed E-state index contributed by atoms with van der Waals surface area (Å²) in [6.45, 7) is 3.63. The van der Waals surface area contributed by atoms with E-state index < -0.39 is 23.9 Å². The second-order valence-electron chi connectivity index (χ2n) is 7.83. The summed E-state index contributed by atoms with van der Waals surface area (Å²) in [4.78, 5) is 47.2. The maximum atomic E-state index is 12.8. The average Bonchev–Trinajstić information content (AvgIpc) is 3.14.